The minimum Gasteiger partial charge on any atom is -0.383 e. The van der Waals surface area contributed by atoms with Crippen LogP contribution in [-0.2, 0) is 11.3 Å². The Kier molecular flexibility index (Phi) is 8.23. The van der Waals surface area contributed by atoms with Crippen LogP contribution in [0.1, 0.15) is 39.2 Å². The van der Waals surface area contributed by atoms with E-state index >= 15 is 0 Å². The Morgan fingerprint density at radius 1 is 1.30 bits per heavy atom. The highest BCUT2D eigenvalue weighted by molar-refractivity contribution is 5.53. The Balaban J connectivity index is 2.98. The zero-order valence-electron chi connectivity index (χ0n) is 13.4. The van der Waals surface area contributed by atoms with Gasteiger partial charge in [0.25, 0.3) is 0 Å². The lowest BCUT2D eigenvalue weighted by molar-refractivity contribution is 0.202. The fourth-order valence-electron chi connectivity index (χ4n) is 2.51. The van der Waals surface area contributed by atoms with Crippen LogP contribution in [0.5, 0.6) is 0 Å². The van der Waals surface area contributed by atoms with Gasteiger partial charge in [-0.05, 0) is 25.5 Å². The van der Waals surface area contributed by atoms with Crippen LogP contribution in [0.4, 0.5) is 5.69 Å². The molecule has 0 aliphatic heterocycles. The van der Waals surface area contributed by atoms with E-state index in [0.29, 0.717) is 6.04 Å². The van der Waals surface area contributed by atoms with E-state index in [0.717, 1.165) is 39.1 Å². The van der Waals surface area contributed by atoms with Gasteiger partial charge in [-0.2, -0.15) is 0 Å². The summed E-state index contributed by atoms with van der Waals surface area (Å²) in [5.74, 6) is 0. The quantitative estimate of drug-likeness (QED) is 0.714. The van der Waals surface area contributed by atoms with Gasteiger partial charge in [-0.1, -0.05) is 20.8 Å². The van der Waals surface area contributed by atoms with Crippen molar-refractivity contribution in [3.8, 4) is 0 Å². The molecule has 0 aliphatic carbocycles. The molecule has 1 aromatic heterocycles. The highest BCUT2D eigenvalue weighted by Crippen LogP contribution is 2.24. The van der Waals surface area contributed by atoms with Crippen molar-refractivity contribution in [3.05, 3.63) is 24.0 Å². The van der Waals surface area contributed by atoms with Crippen LogP contribution in [0.25, 0.3) is 0 Å². The lowest BCUT2D eigenvalue weighted by atomic mass is 10.1. The summed E-state index contributed by atoms with van der Waals surface area (Å²) in [4.78, 5) is 6.74. The number of rotatable bonds is 10. The zero-order valence-corrected chi connectivity index (χ0v) is 13.4. The first-order valence-corrected chi connectivity index (χ1v) is 7.67. The Hall–Kier alpha value is -1.13. The van der Waals surface area contributed by atoms with Crippen LogP contribution in [0.3, 0.4) is 0 Å². The lowest BCUT2D eigenvalue weighted by Crippen LogP contribution is -2.38. The highest BCUT2D eigenvalue weighted by Gasteiger charge is 2.18. The average Bonchev–Trinajstić information content (AvgIpc) is 2.50. The third kappa shape index (κ3) is 4.76. The van der Waals surface area contributed by atoms with Gasteiger partial charge >= 0.3 is 0 Å². The van der Waals surface area contributed by atoms with Crippen LogP contribution in [0.2, 0.25) is 0 Å². The number of methoxy groups -OCH3 is 1. The summed E-state index contributed by atoms with van der Waals surface area (Å²) >= 11 is 0. The monoisotopic (exact) mass is 279 g/mol. The fraction of sp³-hybridized carbons (Fsp3) is 0.688. The smallest absolute Gasteiger partial charge is 0.0637 e. The molecule has 1 N–H and O–H groups in total. The summed E-state index contributed by atoms with van der Waals surface area (Å²) in [5, 5.41) is 3.39. The van der Waals surface area contributed by atoms with Crippen molar-refractivity contribution in [3.63, 3.8) is 0 Å². The van der Waals surface area contributed by atoms with Crippen molar-refractivity contribution in [2.75, 3.05) is 31.7 Å². The third-order valence-electron chi connectivity index (χ3n) is 3.67. The maximum atomic E-state index is 5.28. The van der Waals surface area contributed by atoms with Gasteiger partial charge < -0.3 is 15.0 Å². The predicted molar refractivity (Wildman–Crippen MR) is 85.2 cm³/mol. The van der Waals surface area contributed by atoms with Crippen molar-refractivity contribution in [1.29, 1.82) is 0 Å². The number of pyridine rings is 1. The molecule has 0 radical (unpaired) electrons. The second-order valence-corrected chi connectivity index (χ2v) is 4.94. The van der Waals surface area contributed by atoms with Gasteiger partial charge in [-0.15, -0.1) is 0 Å². The van der Waals surface area contributed by atoms with Gasteiger partial charge in [0.05, 0.1) is 6.61 Å². The van der Waals surface area contributed by atoms with Crippen molar-refractivity contribution < 1.29 is 4.74 Å². The molecule has 1 aromatic rings. The Bertz CT molecular complexity index is 366. The number of hydrogen-bond donors (Lipinski definition) is 1. The second-order valence-electron chi connectivity index (χ2n) is 4.94. The normalized spacial score (nSPS) is 11.1. The van der Waals surface area contributed by atoms with Gasteiger partial charge in [-0.3, -0.25) is 4.98 Å². The van der Waals surface area contributed by atoms with E-state index in [1.165, 1.54) is 11.3 Å². The molecular formula is C16H29N3O. The van der Waals surface area contributed by atoms with E-state index in [1.807, 2.05) is 12.4 Å². The fourth-order valence-corrected chi connectivity index (χ4v) is 2.51. The molecule has 0 saturated heterocycles. The first-order valence-electron chi connectivity index (χ1n) is 7.67. The standard InChI is InChI=1S/C16H29N3O/c1-5-15(6-2)19(10-11-20-4)16-8-9-18-13-14(16)12-17-7-3/h8-9,13,15,17H,5-7,10-12H2,1-4H3. The average molecular weight is 279 g/mol. The molecule has 0 spiro atoms. The summed E-state index contributed by atoms with van der Waals surface area (Å²) in [6, 6.07) is 2.67. The van der Waals surface area contributed by atoms with E-state index in [4.69, 9.17) is 4.74 Å². The van der Waals surface area contributed by atoms with Crippen molar-refractivity contribution in [2.45, 2.75) is 46.2 Å². The van der Waals surface area contributed by atoms with Gasteiger partial charge in [0, 0.05) is 49.9 Å². The van der Waals surface area contributed by atoms with Crippen molar-refractivity contribution >= 4 is 5.69 Å². The van der Waals surface area contributed by atoms with Crippen LogP contribution in [0.15, 0.2) is 18.5 Å². The molecule has 0 bridgehead atoms. The van der Waals surface area contributed by atoms with Crippen LogP contribution < -0.4 is 10.2 Å². The number of nitrogens with zero attached hydrogens (tertiary/aromatic N) is 2. The first-order chi connectivity index (χ1) is 9.78. The largest absolute Gasteiger partial charge is 0.383 e. The van der Waals surface area contributed by atoms with E-state index in [1.54, 1.807) is 7.11 Å². The maximum Gasteiger partial charge on any atom is 0.0637 e. The molecule has 0 atom stereocenters. The molecule has 0 fully saturated rings. The maximum absolute atomic E-state index is 5.28. The highest BCUT2D eigenvalue weighted by atomic mass is 16.5. The molecule has 0 unspecified atom stereocenters. The number of anilines is 1. The molecule has 20 heavy (non-hydrogen) atoms. The zero-order chi connectivity index (χ0) is 14.8. The van der Waals surface area contributed by atoms with E-state index in [9.17, 15) is 0 Å². The van der Waals surface area contributed by atoms with E-state index < -0.39 is 0 Å². The molecule has 1 heterocycles. The summed E-state index contributed by atoms with van der Waals surface area (Å²) in [5.41, 5.74) is 2.55. The van der Waals surface area contributed by atoms with E-state index in [-0.39, 0.29) is 0 Å². The molecule has 4 heteroatoms. The van der Waals surface area contributed by atoms with E-state index in [2.05, 4.69) is 42.0 Å². The minimum atomic E-state index is 0.549. The second kappa shape index (κ2) is 9.72. The minimum absolute atomic E-state index is 0.549. The summed E-state index contributed by atoms with van der Waals surface area (Å²) in [6.45, 7) is 10.1. The molecule has 4 nitrogen and oxygen atoms in total. The van der Waals surface area contributed by atoms with Gasteiger partial charge in [-0.25, -0.2) is 0 Å². The molecule has 114 valence electrons. The van der Waals surface area contributed by atoms with Crippen molar-refractivity contribution in [1.82, 2.24) is 10.3 Å². The molecule has 1 rings (SSSR count). The lowest BCUT2D eigenvalue weighted by Gasteiger charge is -2.34. The Morgan fingerprint density at radius 2 is 2.05 bits per heavy atom. The van der Waals surface area contributed by atoms with Crippen LogP contribution in [-0.4, -0.2) is 37.8 Å². The Morgan fingerprint density at radius 3 is 2.65 bits per heavy atom. The van der Waals surface area contributed by atoms with Gasteiger partial charge in [0.1, 0.15) is 0 Å². The van der Waals surface area contributed by atoms with Gasteiger partial charge in [0.15, 0.2) is 0 Å². The van der Waals surface area contributed by atoms with Gasteiger partial charge in [0.2, 0.25) is 0 Å². The number of nitrogens with one attached hydrogen (secondary N) is 1. The Labute approximate surface area is 123 Å². The molecule has 0 saturated carbocycles. The molecular weight excluding hydrogens is 250 g/mol. The van der Waals surface area contributed by atoms with Crippen LogP contribution in [0, 0.1) is 0 Å². The summed E-state index contributed by atoms with van der Waals surface area (Å²) in [7, 11) is 1.76. The first kappa shape index (κ1) is 16.9. The number of aromatic nitrogens is 1. The topological polar surface area (TPSA) is 37.4 Å². The third-order valence-corrected chi connectivity index (χ3v) is 3.67. The number of ether oxygens (including phenoxy) is 1. The number of hydrogen-bond acceptors (Lipinski definition) is 4. The molecule has 0 aliphatic rings. The molecule has 0 amide bonds. The summed E-state index contributed by atoms with van der Waals surface area (Å²) < 4.78 is 5.28. The SMILES string of the molecule is CCNCc1cnccc1N(CCOC)C(CC)CC. The summed E-state index contributed by atoms with van der Waals surface area (Å²) in [6.07, 6.45) is 6.14. The van der Waals surface area contributed by atoms with Crippen LogP contribution >= 0.6 is 0 Å². The molecule has 0 aromatic carbocycles. The predicted octanol–water partition coefficient (Wildman–Crippen LogP) is 2.83. The van der Waals surface area contributed by atoms with Crippen molar-refractivity contribution in [2.24, 2.45) is 0 Å².